The molecule has 6 nitrogen and oxygen atoms in total. The van der Waals surface area contributed by atoms with Gasteiger partial charge in [0.05, 0.1) is 5.69 Å². The fourth-order valence-corrected chi connectivity index (χ4v) is 3.28. The van der Waals surface area contributed by atoms with Gasteiger partial charge in [-0.3, -0.25) is 10.1 Å². The highest BCUT2D eigenvalue weighted by Crippen LogP contribution is 2.17. The fraction of sp³-hybridized carbons (Fsp3) is 0.0909. The second-order valence-electron chi connectivity index (χ2n) is 6.76. The third-order valence-electron chi connectivity index (χ3n) is 4.48. The van der Waals surface area contributed by atoms with Gasteiger partial charge in [-0.15, -0.1) is 10.2 Å². The SMILES string of the molecule is Cc1ccc(C(=O)NC(=S)Nc2ccc3nn(-c4ccccc4)nc3c2)c(C)c1. The van der Waals surface area contributed by atoms with E-state index in [4.69, 9.17) is 12.2 Å². The van der Waals surface area contributed by atoms with Crippen molar-refractivity contribution < 1.29 is 4.79 Å². The van der Waals surface area contributed by atoms with Crippen LogP contribution in [0.1, 0.15) is 21.5 Å². The van der Waals surface area contributed by atoms with Gasteiger partial charge in [-0.05, 0) is 68.0 Å². The first kappa shape index (κ1) is 18.8. The summed E-state index contributed by atoms with van der Waals surface area (Å²) >= 11 is 5.30. The lowest BCUT2D eigenvalue weighted by molar-refractivity contribution is 0.0977. The normalized spacial score (nSPS) is 10.7. The fourth-order valence-electron chi connectivity index (χ4n) is 3.07. The van der Waals surface area contributed by atoms with E-state index in [1.54, 1.807) is 10.9 Å². The minimum atomic E-state index is -0.240. The van der Waals surface area contributed by atoms with Gasteiger partial charge in [0.25, 0.3) is 5.91 Å². The summed E-state index contributed by atoms with van der Waals surface area (Å²) in [5, 5.41) is 15.0. The van der Waals surface area contributed by atoms with Gasteiger partial charge < -0.3 is 5.32 Å². The van der Waals surface area contributed by atoms with Gasteiger partial charge in [-0.1, -0.05) is 35.9 Å². The Morgan fingerprint density at radius 2 is 1.69 bits per heavy atom. The van der Waals surface area contributed by atoms with Crippen molar-refractivity contribution >= 4 is 40.0 Å². The zero-order chi connectivity index (χ0) is 20.4. The van der Waals surface area contributed by atoms with E-state index in [1.807, 2.05) is 74.5 Å². The molecule has 4 aromatic rings. The van der Waals surface area contributed by atoms with Crippen LogP contribution in [0.25, 0.3) is 16.7 Å². The number of nitrogens with zero attached hydrogens (tertiary/aromatic N) is 3. The first-order valence-corrected chi connectivity index (χ1v) is 9.52. The number of rotatable bonds is 3. The second-order valence-corrected chi connectivity index (χ2v) is 7.16. The molecule has 1 amide bonds. The van der Waals surface area contributed by atoms with Crippen molar-refractivity contribution in [3.05, 3.63) is 83.4 Å². The summed E-state index contributed by atoms with van der Waals surface area (Å²) < 4.78 is 0. The van der Waals surface area contributed by atoms with Gasteiger partial charge in [-0.25, -0.2) is 0 Å². The van der Waals surface area contributed by atoms with Gasteiger partial charge >= 0.3 is 0 Å². The molecule has 1 aromatic heterocycles. The number of amides is 1. The van der Waals surface area contributed by atoms with Gasteiger partial charge in [0.2, 0.25) is 0 Å². The lowest BCUT2D eigenvalue weighted by Crippen LogP contribution is -2.34. The van der Waals surface area contributed by atoms with E-state index < -0.39 is 0 Å². The molecule has 1 heterocycles. The number of benzene rings is 3. The Bertz CT molecular complexity index is 1220. The number of carbonyl (C=O) groups excluding carboxylic acids is 1. The number of aromatic nitrogens is 3. The van der Waals surface area contributed by atoms with Crippen molar-refractivity contribution in [2.24, 2.45) is 0 Å². The van der Waals surface area contributed by atoms with Gasteiger partial charge in [0.15, 0.2) is 5.11 Å². The zero-order valence-corrected chi connectivity index (χ0v) is 16.8. The molecule has 0 atom stereocenters. The molecule has 4 rings (SSSR count). The predicted molar refractivity (Wildman–Crippen MR) is 118 cm³/mol. The molecule has 0 bridgehead atoms. The molecule has 29 heavy (non-hydrogen) atoms. The Hall–Kier alpha value is -3.58. The smallest absolute Gasteiger partial charge is 0.257 e. The van der Waals surface area contributed by atoms with E-state index in [0.717, 1.165) is 33.5 Å². The van der Waals surface area contributed by atoms with Crippen LogP contribution in [0.15, 0.2) is 66.7 Å². The van der Waals surface area contributed by atoms with Crippen LogP contribution in [0.3, 0.4) is 0 Å². The van der Waals surface area contributed by atoms with Crippen LogP contribution in [0.4, 0.5) is 5.69 Å². The van der Waals surface area contributed by atoms with E-state index in [1.165, 1.54) is 0 Å². The van der Waals surface area contributed by atoms with Crippen LogP contribution in [0, 0.1) is 13.8 Å². The number of fused-ring (bicyclic) bond motifs is 1. The van der Waals surface area contributed by atoms with Gasteiger partial charge in [-0.2, -0.15) is 4.80 Å². The second kappa shape index (κ2) is 7.81. The number of nitrogens with one attached hydrogen (secondary N) is 2. The van der Waals surface area contributed by atoms with Crippen LogP contribution in [-0.2, 0) is 0 Å². The molecule has 7 heteroatoms. The lowest BCUT2D eigenvalue weighted by Gasteiger charge is -2.11. The molecule has 0 fully saturated rings. The van der Waals surface area contributed by atoms with Gasteiger partial charge in [0.1, 0.15) is 11.0 Å². The van der Waals surface area contributed by atoms with E-state index in [9.17, 15) is 4.79 Å². The minimum Gasteiger partial charge on any atom is -0.332 e. The van der Waals surface area contributed by atoms with Gasteiger partial charge in [0, 0.05) is 11.3 Å². The third kappa shape index (κ3) is 4.14. The molecular weight excluding hydrogens is 382 g/mol. The Kier molecular flexibility index (Phi) is 5.05. The average molecular weight is 401 g/mol. The molecule has 0 aliphatic rings. The number of hydrogen-bond acceptors (Lipinski definition) is 4. The molecule has 0 aliphatic carbocycles. The Morgan fingerprint density at radius 1 is 0.931 bits per heavy atom. The molecule has 144 valence electrons. The standard InChI is InChI=1S/C22H19N5OS/c1-14-8-10-18(15(2)12-14)21(28)24-22(29)23-16-9-11-19-20(13-16)26-27(25-19)17-6-4-3-5-7-17/h3-13H,1-2H3,(H2,23,24,28,29). The monoisotopic (exact) mass is 401 g/mol. The van der Waals surface area contributed by atoms with Crippen molar-refractivity contribution in [3.8, 4) is 5.69 Å². The summed E-state index contributed by atoms with van der Waals surface area (Å²) in [5.41, 5.74) is 5.71. The quantitative estimate of drug-likeness (QED) is 0.504. The van der Waals surface area contributed by atoms with Crippen molar-refractivity contribution in [2.45, 2.75) is 13.8 Å². The highest BCUT2D eigenvalue weighted by molar-refractivity contribution is 7.80. The summed E-state index contributed by atoms with van der Waals surface area (Å²) in [7, 11) is 0. The minimum absolute atomic E-state index is 0.227. The highest BCUT2D eigenvalue weighted by Gasteiger charge is 2.11. The molecule has 0 saturated carbocycles. The summed E-state index contributed by atoms with van der Waals surface area (Å²) in [6, 6.07) is 20.9. The molecule has 0 spiro atoms. The maximum Gasteiger partial charge on any atom is 0.257 e. The maximum absolute atomic E-state index is 12.5. The van der Waals surface area contributed by atoms with Crippen LogP contribution in [0.2, 0.25) is 0 Å². The molecule has 3 aromatic carbocycles. The number of thiocarbonyl (C=S) groups is 1. The largest absolute Gasteiger partial charge is 0.332 e. The van der Waals surface area contributed by atoms with Crippen LogP contribution >= 0.6 is 12.2 Å². The average Bonchev–Trinajstić information content (AvgIpc) is 3.12. The van der Waals surface area contributed by atoms with E-state index in [2.05, 4.69) is 20.8 Å². The highest BCUT2D eigenvalue weighted by atomic mass is 32.1. The zero-order valence-electron chi connectivity index (χ0n) is 16.0. The van der Waals surface area contributed by atoms with Crippen LogP contribution in [0.5, 0.6) is 0 Å². The first-order chi connectivity index (χ1) is 14.0. The van der Waals surface area contributed by atoms with E-state index in [0.29, 0.717) is 5.56 Å². The number of anilines is 1. The maximum atomic E-state index is 12.5. The third-order valence-corrected chi connectivity index (χ3v) is 4.68. The topological polar surface area (TPSA) is 71.8 Å². The molecular formula is C22H19N5OS. The summed E-state index contributed by atoms with van der Waals surface area (Å²) in [6.07, 6.45) is 0. The Labute approximate surface area is 173 Å². The first-order valence-electron chi connectivity index (χ1n) is 9.12. The molecule has 0 saturated heterocycles. The summed E-state index contributed by atoms with van der Waals surface area (Å²) in [6.45, 7) is 3.90. The van der Waals surface area contributed by atoms with Crippen molar-refractivity contribution in [3.63, 3.8) is 0 Å². The summed E-state index contributed by atoms with van der Waals surface area (Å²) in [5.74, 6) is -0.240. The molecule has 0 radical (unpaired) electrons. The van der Waals surface area contributed by atoms with E-state index in [-0.39, 0.29) is 11.0 Å². The number of aryl methyl sites for hydroxylation is 2. The molecule has 0 unspecified atom stereocenters. The Balaban J connectivity index is 1.48. The van der Waals surface area contributed by atoms with Crippen LogP contribution in [-0.4, -0.2) is 26.0 Å². The van der Waals surface area contributed by atoms with Crippen molar-refractivity contribution in [2.75, 3.05) is 5.32 Å². The number of hydrogen-bond donors (Lipinski definition) is 2. The predicted octanol–water partition coefficient (Wildman–Crippen LogP) is 4.16. The lowest BCUT2D eigenvalue weighted by atomic mass is 10.1. The van der Waals surface area contributed by atoms with Crippen molar-refractivity contribution in [1.29, 1.82) is 0 Å². The van der Waals surface area contributed by atoms with Crippen LogP contribution < -0.4 is 10.6 Å². The summed E-state index contributed by atoms with van der Waals surface area (Å²) in [4.78, 5) is 14.1. The number of para-hydroxylation sites is 1. The number of carbonyl (C=O) groups is 1. The van der Waals surface area contributed by atoms with E-state index >= 15 is 0 Å². The Morgan fingerprint density at radius 3 is 2.45 bits per heavy atom. The van der Waals surface area contributed by atoms with Crippen molar-refractivity contribution in [1.82, 2.24) is 20.3 Å². The molecule has 2 N–H and O–H groups in total. The molecule has 0 aliphatic heterocycles.